The molecule has 0 bridgehead atoms. The molecule has 0 unspecified atom stereocenters. The van der Waals surface area contributed by atoms with Crippen molar-refractivity contribution in [2.24, 2.45) is 5.73 Å². The molecule has 0 aliphatic rings. The first-order chi connectivity index (χ1) is 8.99. The number of hydrogen-bond acceptors (Lipinski definition) is 3. The fourth-order valence-electron chi connectivity index (χ4n) is 1.70. The zero-order valence-electron chi connectivity index (χ0n) is 10.6. The molecule has 19 heavy (non-hydrogen) atoms. The number of ether oxygens (including phenoxy) is 1. The molecule has 0 spiro atoms. The molecule has 0 aliphatic heterocycles. The van der Waals surface area contributed by atoms with Gasteiger partial charge in [-0.3, -0.25) is 4.79 Å². The monoisotopic (exact) mass is 279 g/mol. The van der Waals surface area contributed by atoms with E-state index in [0.717, 1.165) is 11.3 Å². The summed E-state index contributed by atoms with van der Waals surface area (Å²) < 4.78 is 19.6. The highest BCUT2D eigenvalue weighted by atomic mass is 32.1. The average molecular weight is 279 g/mol. The third-order valence-corrected chi connectivity index (χ3v) is 3.55. The SMILES string of the molecule is CC(C)Oc1cccc(F)c1-c1ccc(C(N)=O)s1. The lowest BCUT2D eigenvalue weighted by molar-refractivity contribution is 0.100. The summed E-state index contributed by atoms with van der Waals surface area (Å²) in [6.45, 7) is 3.75. The number of carbonyl (C=O) groups is 1. The van der Waals surface area contributed by atoms with Crippen molar-refractivity contribution < 1.29 is 13.9 Å². The van der Waals surface area contributed by atoms with Crippen molar-refractivity contribution in [2.45, 2.75) is 20.0 Å². The molecule has 1 aromatic heterocycles. The molecule has 0 saturated carbocycles. The Morgan fingerprint density at radius 3 is 2.63 bits per heavy atom. The van der Waals surface area contributed by atoms with E-state index >= 15 is 0 Å². The molecule has 2 aromatic rings. The van der Waals surface area contributed by atoms with Crippen molar-refractivity contribution in [2.75, 3.05) is 0 Å². The van der Waals surface area contributed by atoms with Crippen LogP contribution < -0.4 is 10.5 Å². The number of hydrogen-bond donors (Lipinski definition) is 1. The van der Waals surface area contributed by atoms with Crippen LogP contribution in [0.1, 0.15) is 23.5 Å². The quantitative estimate of drug-likeness (QED) is 0.932. The molecule has 0 saturated heterocycles. The van der Waals surface area contributed by atoms with Gasteiger partial charge in [-0.15, -0.1) is 11.3 Å². The minimum absolute atomic E-state index is 0.0591. The molecule has 1 aromatic carbocycles. The first kappa shape index (κ1) is 13.5. The van der Waals surface area contributed by atoms with Crippen molar-refractivity contribution in [3.8, 4) is 16.2 Å². The number of rotatable bonds is 4. The predicted molar refractivity (Wildman–Crippen MR) is 74.0 cm³/mol. The Balaban J connectivity index is 2.50. The molecular weight excluding hydrogens is 265 g/mol. The van der Waals surface area contributed by atoms with E-state index < -0.39 is 5.91 Å². The first-order valence-electron chi connectivity index (χ1n) is 5.84. The maximum Gasteiger partial charge on any atom is 0.258 e. The largest absolute Gasteiger partial charge is 0.490 e. The van der Waals surface area contributed by atoms with Crippen molar-refractivity contribution >= 4 is 17.2 Å². The lowest BCUT2D eigenvalue weighted by Gasteiger charge is -2.13. The first-order valence-corrected chi connectivity index (χ1v) is 6.66. The van der Waals surface area contributed by atoms with Crippen molar-refractivity contribution in [1.29, 1.82) is 0 Å². The van der Waals surface area contributed by atoms with E-state index in [1.165, 1.54) is 6.07 Å². The highest BCUT2D eigenvalue weighted by molar-refractivity contribution is 7.17. The van der Waals surface area contributed by atoms with Crippen LogP contribution in [-0.2, 0) is 0 Å². The number of benzene rings is 1. The van der Waals surface area contributed by atoms with Gasteiger partial charge in [0.2, 0.25) is 0 Å². The fraction of sp³-hybridized carbons (Fsp3) is 0.214. The summed E-state index contributed by atoms with van der Waals surface area (Å²) in [5.41, 5.74) is 5.58. The Hall–Kier alpha value is -1.88. The van der Waals surface area contributed by atoms with Gasteiger partial charge in [-0.2, -0.15) is 0 Å². The standard InChI is InChI=1S/C14H14FNO2S/c1-8(2)18-10-5-3-4-9(15)13(10)11-6-7-12(19-11)14(16)17/h3-8H,1-2H3,(H2,16,17). The summed E-state index contributed by atoms with van der Waals surface area (Å²) in [6.07, 6.45) is -0.0591. The zero-order valence-corrected chi connectivity index (χ0v) is 11.5. The highest BCUT2D eigenvalue weighted by Crippen LogP contribution is 2.37. The third-order valence-electron chi connectivity index (χ3n) is 2.43. The molecule has 100 valence electrons. The summed E-state index contributed by atoms with van der Waals surface area (Å²) in [7, 11) is 0. The van der Waals surface area contributed by atoms with Gasteiger partial charge in [0.1, 0.15) is 11.6 Å². The summed E-state index contributed by atoms with van der Waals surface area (Å²) in [5.74, 6) is -0.428. The minimum Gasteiger partial charge on any atom is -0.490 e. The van der Waals surface area contributed by atoms with Gasteiger partial charge in [0.25, 0.3) is 5.91 Å². The molecule has 5 heteroatoms. The lowest BCUT2D eigenvalue weighted by atomic mass is 10.1. The minimum atomic E-state index is -0.515. The number of primary amides is 1. The van der Waals surface area contributed by atoms with E-state index in [0.29, 0.717) is 21.1 Å². The molecule has 0 fully saturated rings. The van der Waals surface area contributed by atoms with E-state index in [1.807, 2.05) is 13.8 Å². The van der Waals surface area contributed by atoms with Crippen LogP contribution in [0.2, 0.25) is 0 Å². The van der Waals surface area contributed by atoms with E-state index in [9.17, 15) is 9.18 Å². The topological polar surface area (TPSA) is 52.3 Å². The van der Waals surface area contributed by atoms with Crippen LogP contribution >= 0.6 is 11.3 Å². The Morgan fingerprint density at radius 1 is 1.32 bits per heavy atom. The Bertz CT molecular complexity index is 607. The average Bonchev–Trinajstić information content (AvgIpc) is 2.77. The molecular formula is C14H14FNO2S. The number of halogens is 1. The number of carbonyl (C=O) groups excluding carboxylic acids is 1. The van der Waals surface area contributed by atoms with Crippen LogP contribution in [0, 0.1) is 5.82 Å². The van der Waals surface area contributed by atoms with Gasteiger partial charge in [-0.05, 0) is 38.1 Å². The van der Waals surface area contributed by atoms with Crippen LogP contribution in [0.15, 0.2) is 30.3 Å². The molecule has 2 N–H and O–H groups in total. The van der Waals surface area contributed by atoms with Crippen LogP contribution in [0.3, 0.4) is 0 Å². The van der Waals surface area contributed by atoms with Gasteiger partial charge in [0, 0.05) is 4.88 Å². The van der Waals surface area contributed by atoms with Crippen molar-refractivity contribution in [1.82, 2.24) is 0 Å². The number of thiophene rings is 1. The van der Waals surface area contributed by atoms with E-state index in [2.05, 4.69) is 0 Å². The van der Waals surface area contributed by atoms with Gasteiger partial charge < -0.3 is 10.5 Å². The van der Waals surface area contributed by atoms with Crippen LogP contribution in [-0.4, -0.2) is 12.0 Å². The van der Waals surface area contributed by atoms with Gasteiger partial charge in [-0.1, -0.05) is 6.07 Å². The van der Waals surface area contributed by atoms with Crippen LogP contribution in [0.5, 0.6) is 5.75 Å². The smallest absolute Gasteiger partial charge is 0.258 e. The maximum atomic E-state index is 14.0. The maximum absolute atomic E-state index is 14.0. The molecule has 0 aliphatic carbocycles. The highest BCUT2D eigenvalue weighted by Gasteiger charge is 2.16. The predicted octanol–water partition coefficient (Wildman–Crippen LogP) is 3.44. The molecule has 2 rings (SSSR count). The van der Waals surface area contributed by atoms with Gasteiger partial charge in [0.05, 0.1) is 16.5 Å². The summed E-state index contributed by atoms with van der Waals surface area (Å²) in [5, 5.41) is 0. The van der Waals surface area contributed by atoms with Gasteiger partial charge in [-0.25, -0.2) is 4.39 Å². The Labute approximate surface area is 114 Å². The Morgan fingerprint density at radius 2 is 2.05 bits per heavy atom. The van der Waals surface area contributed by atoms with Crippen LogP contribution in [0.25, 0.3) is 10.4 Å². The van der Waals surface area contributed by atoms with Gasteiger partial charge >= 0.3 is 0 Å². The summed E-state index contributed by atoms with van der Waals surface area (Å²) in [6, 6.07) is 7.94. The number of nitrogens with two attached hydrogens (primary N) is 1. The Kier molecular flexibility index (Phi) is 3.85. The lowest BCUT2D eigenvalue weighted by Crippen LogP contribution is -2.08. The van der Waals surface area contributed by atoms with E-state index in [1.54, 1.807) is 24.3 Å². The molecule has 3 nitrogen and oxygen atoms in total. The van der Waals surface area contributed by atoms with Gasteiger partial charge in [0.15, 0.2) is 0 Å². The van der Waals surface area contributed by atoms with Crippen molar-refractivity contribution in [3.63, 3.8) is 0 Å². The van der Waals surface area contributed by atoms with Crippen LogP contribution in [0.4, 0.5) is 4.39 Å². The van der Waals surface area contributed by atoms with E-state index in [4.69, 9.17) is 10.5 Å². The second-order valence-corrected chi connectivity index (χ2v) is 5.39. The second-order valence-electron chi connectivity index (χ2n) is 4.31. The van der Waals surface area contributed by atoms with Crippen molar-refractivity contribution in [3.05, 3.63) is 41.0 Å². The molecule has 1 heterocycles. The summed E-state index contributed by atoms with van der Waals surface area (Å²) in [4.78, 5) is 12.1. The van der Waals surface area contributed by atoms with E-state index in [-0.39, 0.29) is 11.9 Å². The molecule has 0 radical (unpaired) electrons. The molecule has 0 atom stereocenters. The summed E-state index contributed by atoms with van der Waals surface area (Å²) >= 11 is 1.15. The molecule has 1 amide bonds. The fourth-order valence-corrected chi connectivity index (χ4v) is 2.61. The number of amides is 1. The normalized spacial score (nSPS) is 10.7. The second kappa shape index (κ2) is 5.40. The zero-order chi connectivity index (χ0) is 14.0. The third kappa shape index (κ3) is 2.93.